The molecule has 0 radical (unpaired) electrons. The van der Waals surface area contributed by atoms with Crippen LogP contribution in [0.1, 0.15) is 47.5 Å². The topological polar surface area (TPSA) is 49.4 Å². The van der Waals surface area contributed by atoms with Crippen molar-refractivity contribution >= 4 is 11.8 Å². The summed E-state index contributed by atoms with van der Waals surface area (Å²) in [6.07, 6.45) is 1.49. The summed E-state index contributed by atoms with van der Waals surface area (Å²) in [5.41, 5.74) is -0.262. The summed E-state index contributed by atoms with van der Waals surface area (Å²) in [5, 5.41) is 2.76. The van der Waals surface area contributed by atoms with Gasteiger partial charge in [-0.1, -0.05) is 13.8 Å². The monoisotopic (exact) mass is 226 g/mol. The minimum atomic E-state index is -0.370. The number of rotatable bonds is 3. The van der Waals surface area contributed by atoms with E-state index in [4.69, 9.17) is 0 Å². The second-order valence-electron chi connectivity index (χ2n) is 5.02. The highest BCUT2D eigenvalue weighted by atomic mass is 16.2. The van der Waals surface area contributed by atoms with Crippen LogP contribution in [-0.2, 0) is 9.59 Å². The van der Waals surface area contributed by atoms with Crippen LogP contribution >= 0.6 is 0 Å². The summed E-state index contributed by atoms with van der Waals surface area (Å²) < 4.78 is 0. The van der Waals surface area contributed by atoms with E-state index in [1.807, 2.05) is 27.7 Å². The van der Waals surface area contributed by atoms with E-state index in [0.717, 1.165) is 6.42 Å². The van der Waals surface area contributed by atoms with Crippen molar-refractivity contribution in [2.75, 3.05) is 0 Å². The van der Waals surface area contributed by atoms with Gasteiger partial charge in [0.15, 0.2) is 0 Å². The molecule has 2 amide bonds. The number of carbonyl (C=O) groups excluding carboxylic acids is 2. The van der Waals surface area contributed by atoms with E-state index in [9.17, 15) is 9.59 Å². The normalized spacial score (nSPS) is 26.9. The lowest BCUT2D eigenvalue weighted by atomic mass is 9.93. The Hall–Kier alpha value is -1.06. The zero-order valence-corrected chi connectivity index (χ0v) is 10.8. The van der Waals surface area contributed by atoms with Gasteiger partial charge in [-0.15, -0.1) is 0 Å². The molecule has 1 fully saturated rings. The van der Waals surface area contributed by atoms with E-state index in [1.54, 1.807) is 11.8 Å². The summed E-state index contributed by atoms with van der Waals surface area (Å²) in [6, 6.07) is -0.722. The first kappa shape index (κ1) is 13.0. The van der Waals surface area contributed by atoms with Crippen LogP contribution in [0.25, 0.3) is 0 Å². The molecule has 0 bridgehead atoms. The number of hydrogen-bond donors (Lipinski definition) is 1. The Morgan fingerprint density at radius 2 is 1.88 bits per heavy atom. The second-order valence-corrected chi connectivity index (χ2v) is 5.02. The molecule has 92 valence electrons. The number of amides is 2. The lowest BCUT2D eigenvalue weighted by Crippen LogP contribution is -2.67. The fourth-order valence-electron chi connectivity index (χ4n) is 2.10. The molecule has 1 heterocycles. The summed E-state index contributed by atoms with van der Waals surface area (Å²) >= 11 is 0. The van der Waals surface area contributed by atoms with Crippen LogP contribution < -0.4 is 5.32 Å². The summed E-state index contributed by atoms with van der Waals surface area (Å²) in [4.78, 5) is 25.7. The lowest BCUT2D eigenvalue weighted by Gasteiger charge is -2.46. The molecule has 1 N–H and O–H groups in total. The third-order valence-electron chi connectivity index (χ3n) is 3.54. The zero-order chi connectivity index (χ0) is 12.5. The fourth-order valence-corrected chi connectivity index (χ4v) is 2.10. The Morgan fingerprint density at radius 3 is 2.31 bits per heavy atom. The molecule has 1 aliphatic rings. The van der Waals surface area contributed by atoms with Crippen molar-refractivity contribution in [1.29, 1.82) is 0 Å². The Morgan fingerprint density at radius 1 is 1.31 bits per heavy atom. The van der Waals surface area contributed by atoms with Crippen LogP contribution in [-0.4, -0.2) is 34.3 Å². The molecule has 0 aliphatic carbocycles. The van der Waals surface area contributed by atoms with Crippen molar-refractivity contribution in [3.8, 4) is 0 Å². The summed E-state index contributed by atoms with van der Waals surface area (Å²) in [6.45, 7) is 9.75. The number of carbonyl (C=O) groups is 2. The van der Waals surface area contributed by atoms with Crippen LogP contribution in [0.4, 0.5) is 0 Å². The van der Waals surface area contributed by atoms with Gasteiger partial charge in [0.25, 0.3) is 0 Å². The molecule has 0 aromatic rings. The van der Waals surface area contributed by atoms with E-state index in [-0.39, 0.29) is 29.4 Å². The van der Waals surface area contributed by atoms with Crippen LogP contribution in [0, 0.1) is 0 Å². The van der Waals surface area contributed by atoms with Gasteiger partial charge in [0, 0.05) is 5.54 Å². The third kappa shape index (κ3) is 2.06. The van der Waals surface area contributed by atoms with E-state index < -0.39 is 0 Å². The molecular weight excluding hydrogens is 204 g/mol. The number of nitrogens with one attached hydrogen (secondary N) is 1. The first-order chi connectivity index (χ1) is 7.35. The predicted molar refractivity (Wildman–Crippen MR) is 62.9 cm³/mol. The molecule has 0 aromatic carbocycles. The molecule has 4 heteroatoms. The largest absolute Gasteiger partial charge is 0.343 e. The van der Waals surface area contributed by atoms with Gasteiger partial charge in [-0.3, -0.25) is 9.59 Å². The molecule has 0 aromatic heterocycles. The van der Waals surface area contributed by atoms with E-state index in [1.165, 1.54) is 0 Å². The molecule has 2 unspecified atom stereocenters. The maximum absolute atomic E-state index is 12.2. The van der Waals surface area contributed by atoms with Crippen molar-refractivity contribution in [3.63, 3.8) is 0 Å². The quantitative estimate of drug-likeness (QED) is 0.788. The molecule has 0 saturated carbocycles. The van der Waals surface area contributed by atoms with Gasteiger partial charge in [-0.25, -0.2) is 0 Å². The molecule has 1 saturated heterocycles. The number of nitrogens with zero attached hydrogens (tertiary/aromatic N) is 1. The SMILES string of the molecule is CCC1NC(=O)C(C)N(C(C)(C)CC)C1=O. The van der Waals surface area contributed by atoms with Gasteiger partial charge >= 0.3 is 0 Å². The average Bonchev–Trinajstić information content (AvgIpc) is 2.23. The molecule has 1 rings (SSSR count). The highest BCUT2D eigenvalue weighted by Gasteiger charge is 2.43. The Labute approximate surface area is 97.4 Å². The van der Waals surface area contributed by atoms with Crippen molar-refractivity contribution < 1.29 is 9.59 Å². The Bertz CT molecular complexity index is 299. The minimum absolute atomic E-state index is 0.0430. The van der Waals surface area contributed by atoms with Gasteiger partial charge in [0.05, 0.1) is 0 Å². The summed E-state index contributed by atoms with van der Waals surface area (Å²) in [7, 11) is 0. The predicted octanol–water partition coefficient (Wildman–Crippen LogP) is 1.30. The van der Waals surface area contributed by atoms with Crippen LogP contribution in [0.2, 0.25) is 0 Å². The van der Waals surface area contributed by atoms with Crippen molar-refractivity contribution in [2.24, 2.45) is 0 Å². The number of hydrogen-bond acceptors (Lipinski definition) is 2. The van der Waals surface area contributed by atoms with Crippen molar-refractivity contribution in [2.45, 2.75) is 65.1 Å². The molecule has 1 aliphatic heterocycles. The molecule has 16 heavy (non-hydrogen) atoms. The van der Waals surface area contributed by atoms with E-state index >= 15 is 0 Å². The standard InChI is InChI=1S/C12H22N2O2/c1-6-9-11(16)14(12(4,5)7-2)8(3)10(15)13-9/h8-9H,6-7H2,1-5H3,(H,13,15). The van der Waals surface area contributed by atoms with Crippen LogP contribution in [0.3, 0.4) is 0 Å². The molecule has 0 spiro atoms. The maximum Gasteiger partial charge on any atom is 0.246 e. The fraction of sp³-hybridized carbons (Fsp3) is 0.833. The van der Waals surface area contributed by atoms with Gasteiger partial charge in [-0.05, 0) is 33.6 Å². The van der Waals surface area contributed by atoms with Crippen molar-refractivity contribution in [1.82, 2.24) is 10.2 Å². The van der Waals surface area contributed by atoms with Crippen LogP contribution in [0.5, 0.6) is 0 Å². The van der Waals surface area contributed by atoms with Gasteiger partial charge in [0.2, 0.25) is 11.8 Å². The molecule has 2 atom stereocenters. The highest BCUT2D eigenvalue weighted by Crippen LogP contribution is 2.25. The van der Waals surface area contributed by atoms with Gasteiger partial charge in [0.1, 0.15) is 12.1 Å². The van der Waals surface area contributed by atoms with Crippen LogP contribution in [0.15, 0.2) is 0 Å². The third-order valence-corrected chi connectivity index (χ3v) is 3.54. The Kier molecular flexibility index (Phi) is 3.61. The highest BCUT2D eigenvalue weighted by molar-refractivity contribution is 5.97. The summed E-state index contributed by atoms with van der Waals surface area (Å²) in [5.74, 6) is -0.00516. The minimum Gasteiger partial charge on any atom is -0.343 e. The van der Waals surface area contributed by atoms with E-state index in [2.05, 4.69) is 5.32 Å². The smallest absolute Gasteiger partial charge is 0.246 e. The second kappa shape index (κ2) is 4.44. The molecule has 4 nitrogen and oxygen atoms in total. The molecular formula is C12H22N2O2. The lowest BCUT2D eigenvalue weighted by molar-refractivity contribution is -0.155. The van der Waals surface area contributed by atoms with Crippen molar-refractivity contribution in [3.05, 3.63) is 0 Å². The Balaban J connectivity index is 3.03. The zero-order valence-electron chi connectivity index (χ0n) is 10.8. The first-order valence-corrected chi connectivity index (χ1v) is 5.98. The maximum atomic E-state index is 12.2. The number of piperazine rings is 1. The average molecular weight is 226 g/mol. The first-order valence-electron chi connectivity index (χ1n) is 5.98. The van der Waals surface area contributed by atoms with E-state index in [0.29, 0.717) is 6.42 Å². The van der Waals surface area contributed by atoms with Gasteiger partial charge < -0.3 is 10.2 Å². The van der Waals surface area contributed by atoms with Gasteiger partial charge in [-0.2, -0.15) is 0 Å².